The molecule has 4 heteroatoms. The fraction of sp³-hybridized carbons (Fsp3) is 0.533. The van der Waals surface area contributed by atoms with Gasteiger partial charge in [0.2, 0.25) is 0 Å². The van der Waals surface area contributed by atoms with Crippen LogP contribution in [0.3, 0.4) is 0 Å². The zero-order valence-electron chi connectivity index (χ0n) is 11.4. The quantitative estimate of drug-likeness (QED) is 0.682. The molecule has 0 spiro atoms. The Morgan fingerprint density at radius 1 is 1.32 bits per heavy atom. The molecule has 0 heterocycles. The van der Waals surface area contributed by atoms with E-state index >= 15 is 0 Å². The summed E-state index contributed by atoms with van der Waals surface area (Å²) in [6.45, 7) is 3.03. The Kier molecular flexibility index (Phi) is 7.57. The van der Waals surface area contributed by atoms with Gasteiger partial charge in [-0.25, -0.2) is 0 Å². The molecule has 0 saturated carbocycles. The monoisotopic (exact) mass is 278 g/mol. The van der Waals surface area contributed by atoms with Gasteiger partial charge in [0, 0.05) is 6.61 Å². The lowest BCUT2D eigenvalue weighted by Gasteiger charge is -2.28. The first kappa shape index (κ1) is 16.0. The number of benzene rings is 1. The summed E-state index contributed by atoms with van der Waals surface area (Å²) in [7, 11) is 0. The molecule has 0 amide bonds. The Labute approximate surface area is 120 Å². The van der Waals surface area contributed by atoms with Gasteiger partial charge in [-0.15, -0.1) is 0 Å². The number of thioether (sulfide) groups is 1. The minimum Gasteiger partial charge on any atom is -0.396 e. The van der Waals surface area contributed by atoms with Crippen LogP contribution in [0.5, 0.6) is 0 Å². The van der Waals surface area contributed by atoms with E-state index in [2.05, 4.69) is 11.4 Å². The molecule has 0 fully saturated rings. The molecule has 0 bridgehead atoms. The van der Waals surface area contributed by atoms with E-state index in [1.165, 1.54) is 0 Å². The van der Waals surface area contributed by atoms with Crippen LogP contribution in [-0.2, 0) is 5.54 Å². The smallest absolute Gasteiger partial charge is 0.133 e. The number of rotatable bonds is 9. The molecule has 1 aromatic rings. The largest absolute Gasteiger partial charge is 0.396 e. The second-order valence-corrected chi connectivity index (χ2v) is 5.58. The molecule has 3 nitrogen and oxygen atoms in total. The SMILES string of the molecule is CCNC(C#N)(CCSCCCO)c1ccccc1. The van der Waals surface area contributed by atoms with Crippen LogP contribution >= 0.6 is 11.8 Å². The molecule has 2 N–H and O–H groups in total. The molecule has 1 rings (SSSR count). The van der Waals surface area contributed by atoms with Gasteiger partial charge in [-0.3, -0.25) is 5.32 Å². The van der Waals surface area contributed by atoms with Crippen LogP contribution in [0.25, 0.3) is 0 Å². The lowest BCUT2D eigenvalue weighted by atomic mass is 9.88. The molecule has 19 heavy (non-hydrogen) atoms. The normalized spacial score (nSPS) is 13.7. The maximum atomic E-state index is 9.60. The number of hydrogen-bond acceptors (Lipinski definition) is 4. The van der Waals surface area contributed by atoms with Crippen molar-refractivity contribution in [3.8, 4) is 6.07 Å². The third kappa shape index (κ3) is 4.87. The van der Waals surface area contributed by atoms with E-state index in [1.54, 1.807) is 11.8 Å². The van der Waals surface area contributed by atoms with Crippen molar-refractivity contribution in [2.45, 2.75) is 25.3 Å². The van der Waals surface area contributed by atoms with Crippen molar-refractivity contribution >= 4 is 11.8 Å². The average Bonchev–Trinajstić information content (AvgIpc) is 2.47. The topological polar surface area (TPSA) is 56.0 Å². The minimum absolute atomic E-state index is 0.238. The van der Waals surface area contributed by atoms with Crippen LogP contribution in [0, 0.1) is 11.3 Å². The minimum atomic E-state index is -0.595. The zero-order chi connectivity index (χ0) is 14.0. The lowest BCUT2D eigenvalue weighted by molar-refractivity contribution is 0.296. The third-order valence-corrected chi connectivity index (χ3v) is 4.07. The van der Waals surface area contributed by atoms with Gasteiger partial charge in [-0.1, -0.05) is 37.3 Å². The van der Waals surface area contributed by atoms with E-state index in [9.17, 15) is 5.26 Å². The first-order chi connectivity index (χ1) is 9.29. The second kappa shape index (κ2) is 8.98. The van der Waals surface area contributed by atoms with Crippen LogP contribution in [-0.4, -0.2) is 29.8 Å². The molecular formula is C15H22N2OS. The molecule has 1 unspecified atom stereocenters. The molecule has 104 valence electrons. The van der Waals surface area contributed by atoms with Gasteiger partial charge in [0.1, 0.15) is 5.54 Å². The fourth-order valence-electron chi connectivity index (χ4n) is 2.01. The standard InChI is InChI=1S/C15H22N2OS/c1-2-17-15(13-16,9-12-19-11-6-10-18)14-7-4-3-5-8-14/h3-5,7-8,17-18H,2,6,9-12H2,1H3. The molecule has 0 aliphatic carbocycles. The summed E-state index contributed by atoms with van der Waals surface area (Å²) in [5.41, 5.74) is 0.435. The number of nitrogens with zero attached hydrogens (tertiary/aromatic N) is 1. The molecule has 0 aliphatic heterocycles. The highest BCUT2D eigenvalue weighted by molar-refractivity contribution is 7.99. The predicted octanol–water partition coefficient (Wildman–Crippen LogP) is 2.52. The van der Waals surface area contributed by atoms with Crippen LogP contribution in [0.2, 0.25) is 0 Å². The van der Waals surface area contributed by atoms with Crippen molar-refractivity contribution in [3.05, 3.63) is 35.9 Å². The summed E-state index contributed by atoms with van der Waals surface area (Å²) in [6, 6.07) is 12.4. The van der Waals surface area contributed by atoms with Crippen LogP contribution in [0.1, 0.15) is 25.3 Å². The van der Waals surface area contributed by atoms with Gasteiger partial charge in [0.05, 0.1) is 6.07 Å². The lowest BCUT2D eigenvalue weighted by Crippen LogP contribution is -2.41. The molecule has 1 aromatic carbocycles. The van der Waals surface area contributed by atoms with Gasteiger partial charge in [0.25, 0.3) is 0 Å². The Balaban J connectivity index is 2.68. The van der Waals surface area contributed by atoms with E-state index in [-0.39, 0.29) is 6.61 Å². The third-order valence-electron chi connectivity index (χ3n) is 3.00. The highest BCUT2D eigenvalue weighted by atomic mass is 32.2. The van der Waals surface area contributed by atoms with Gasteiger partial charge in [-0.2, -0.15) is 17.0 Å². The van der Waals surface area contributed by atoms with E-state index in [1.807, 2.05) is 37.3 Å². The van der Waals surface area contributed by atoms with Crippen LogP contribution < -0.4 is 5.32 Å². The molecule has 0 saturated heterocycles. The first-order valence-corrected chi connectivity index (χ1v) is 7.85. The molecule has 0 radical (unpaired) electrons. The maximum Gasteiger partial charge on any atom is 0.133 e. The molecule has 0 aliphatic rings. The summed E-state index contributed by atoms with van der Waals surface area (Å²) in [6.07, 6.45) is 1.59. The van der Waals surface area contributed by atoms with Crippen molar-refractivity contribution in [2.24, 2.45) is 0 Å². The fourth-order valence-corrected chi connectivity index (χ4v) is 3.00. The summed E-state index contributed by atoms with van der Waals surface area (Å²) in [5, 5.41) is 21.7. The molecule has 0 aromatic heterocycles. The van der Waals surface area contributed by atoms with Crippen LogP contribution in [0.4, 0.5) is 0 Å². The van der Waals surface area contributed by atoms with Gasteiger partial charge < -0.3 is 5.11 Å². The van der Waals surface area contributed by atoms with Gasteiger partial charge >= 0.3 is 0 Å². The van der Waals surface area contributed by atoms with Gasteiger partial charge in [-0.05, 0) is 36.5 Å². The summed E-state index contributed by atoms with van der Waals surface area (Å²) in [4.78, 5) is 0. The summed E-state index contributed by atoms with van der Waals surface area (Å²) >= 11 is 1.79. The molecular weight excluding hydrogens is 256 g/mol. The van der Waals surface area contributed by atoms with E-state index in [4.69, 9.17) is 5.11 Å². The Hall–Kier alpha value is -1.02. The highest BCUT2D eigenvalue weighted by Gasteiger charge is 2.30. The van der Waals surface area contributed by atoms with E-state index < -0.39 is 5.54 Å². The number of nitriles is 1. The zero-order valence-corrected chi connectivity index (χ0v) is 12.2. The van der Waals surface area contributed by atoms with Crippen molar-refractivity contribution in [1.29, 1.82) is 5.26 Å². The van der Waals surface area contributed by atoms with Gasteiger partial charge in [0.15, 0.2) is 0 Å². The summed E-state index contributed by atoms with van der Waals surface area (Å²) < 4.78 is 0. The Morgan fingerprint density at radius 2 is 2.05 bits per heavy atom. The summed E-state index contributed by atoms with van der Waals surface area (Å²) in [5.74, 6) is 1.86. The number of aliphatic hydroxyl groups excluding tert-OH is 1. The second-order valence-electron chi connectivity index (χ2n) is 4.35. The van der Waals surface area contributed by atoms with Crippen molar-refractivity contribution in [3.63, 3.8) is 0 Å². The Morgan fingerprint density at radius 3 is 2.63 bits per heavy atom. The molecule has 1 atom stereocenters. The average molecular weight is 278 g/mol. The number of aliphatic hydroxyl groups is 1. The number of hydrogen-bond donors (Lipinski definition) is 2. The highest BCUT2D eigenvalue weighted by Crippen LogP contribution is 2.26. The van der Waals surface area contributed by atoms with Crippen molar-refractivity contribution in [1.82, 2.24) is 5.32 Å². The maximum absolute atomic E-state index is 9.60. The Bertz CT molecular complexity index is 391. The van der Waals surface area contributed by atoms with Crippen molar-refractivity contribution < 1.29 is 5.11 Å². The first-order valence-electron chi connectivity index (χ1n) is 6.69. The van der Waals surface area contributed by atoms with Crippen LogP contribution in [0.15, 0.2) is 30.3 Å². The number of nitrogens with one attached hydrogen (secondary N) is 1. The predicted molar refractivity (Wildman–Crippen MR) is 81.1 cm³/mol. The van der Waals surface area contributed by atoms with E-state index in [0.29, 0.717) is 0 Å². The van der Waals surface area contributed by atoms with Crippen molar-refractivity contribution in [2.75, 3.05) is 24.7 Å². The van der Waals surface area contributed by atoms with E-state index in [0.717, 1.165) is 36.5 Å².